The summed E-state index contributed by atoms with van der Waals surface area (Å²) in [6.07, 6.45) is 3.19. The highest BCUT2D eigenvalue weighted by atomic mass is 15.2. The molecule has 1 fully saturated rings. The number of rotatable bonds is 3. The Morgan fingerprint density at radius 2 is 2.29 bits per heavy atom. The fraction of sp³-hybridized carbons (Fsp3) is 0.500. The van der Waals surface area contributed by atoms with Gasteiger partial charge < -0.3 is 0 Å². The van der Waals surface area contributed by atoms with Gasteiger partial charge in [-0.2, -0.15) is 5.10 Å². The molecular formula is C14H19N3. The van der Waals surface area contributed by atoms with Crippen LogP contribution in [0, 0.1) is 0 Å². The van der Waals surface area contributed by atoms with Crippen molar-refractivity contribution in [3.05, 3.63) is 30.0 Å². The third kappa shape index (κ3) is 1.75. The van der Waals surface area contributed by atoms with E-state index in [0.717, 1.165) is 11.6 Å². The predicted octanol–water partition coefficient (Wildman–Crippen LogP) is 2.76. The standard InChI is InChI=1S/C14H19N3/c1-3-10(2)17-8-11(9-17)12-5-4-6-14-13(12)7-15-16-14/h4-7,10-11H,3,8-9H2,1-2H3,(H,15,16)/t10-/m1/s1. The minimum atomic E-state index is 0.685. The van der Waals surface area contributed by atoms with Crippen molar-refractivity contribution in [3.63, 3.8) is 0 Å². The Morgan fingerprint density at radius 3 is 3.06 bits per heavy atom. The van der Waals surface area contributed by atoms with Crippen LogP contribution in [0.1, 0.15) is 31.7 Å². The zero-order valence-corrected chi connectivity index (χ0v) is 10.5. The van der Waals surface area contributed by atoms with Gasteiger partial charge in [-0.3, -0.25) is 10.00 Å². The molecule has 1 atom stereocenters. The van der Waals surface area contributed by atoms with Gasteiger partial charge in [0.15, 0.2) is 0 Å². The van der Waals surface area contributed by atoms with E-state index in [1.165, 1.54) is 30.5 Å². The van der Waals surface area contributed by atoms with E-state index in [9.17, 15) is 0 Å². The van der Waals surface area contributed by atoms with Gasteiger partial charge in [-0.1, -0.05) is 19.1 Å². The van der Waals surface area contributed by atoms with Gasteiger partial charge in [0.25, 0.3) is 0 Å². The first kappa shape index (κ1) is 10.8. The summed E-state index contributed by atoms with van der Waals surface area (Å²) in [6.45, 7) is 6.96. The molecule has 0 radical (unpaired) electrons. The fourth-order valence-corrected chi connectivity index (χ4v) is 2.67. The summed E-state index contributed by atoms with van der Waals surface area (Å²) in [5.41, 5.74) is 2.61. The Morgan fingerprint density at radius 1 is 1.47 bits per heavy atom. The molecule has 3 nitrogen and oxygen atoms in total. The van der Waals surface area contributed by atoms with E-state index in [4.69, 9.17) is 0 Å². The van der Waals surface area contributed by atoms with E-state index in [0.29, 0.717) is 5.92 Å². The molecule has 1 N–H and O–H groups in total. The molecule has 0 aliphatic carbocycles. The van der Waals surface area contributed by atoms with Gasteiger partial charge >= 0.3 is 0 Å². The van der Waals surface area contributed by atoms with Crippen LogP contribution in [0.2, 0.25) is 0 Å². The molecule has 1 saturated heterocycles. The van der Waals surface area contributed by atoms with Crippen LogP contribution in [-0.4, -0.2) is 34.2 Å². The molecule has 1 aliphatic rings. The number of hydrogen-bond donors (Lipinski definition) is 1. The molecule has 0 amide bonds. The van der Waals surface area contributed by atoms with Crippen molar-refractivity contribution in [1.82, 2.24) is 15.1 Å². The number of nitrogens with one attached hydrogen (secondary N) is 1. The Hall–Kier alpha value is -1.35. The zero-order chi connectivity index (χ0) is 11.8. The maximum absolute atomic E-state index is 4.13. The van der Waals surface area contributed by atoms with Crippen molar-refractivity contribution in [2.45, 2.75) is 32.2 Å². The van der Waals surface area contributed by atoms with Crippen LogP contribution in [0.15, 0.2) is 24.4 Å². The van der Waals surface area contributed by atoms with Gasteiger partial charge in [0.05, 0.1) is 11.7 Å². The molecule has 1 aromatic heterocycles. The SMILES string of the molecule is CC[C@@H](C)N1CC(c2cccc3[nH]ncc23)C1. The Balaban J connectivity index is 1.81. The van der Waals surface area contributed by atoms with Gasteiger partial charge in [0.1, 0.15) is 0 Å². The van der Waals surface area contributed by atoms with Crippen molar-refractivity contribution in [1.29, 1.82) is 0 Å². The number of aromatic amines is 1. The highest BCUT2D eigenvalue weighted by Crippen LogP contribution is 2.33. The number of benzene rings is 1. The van der Waals surface area contributed by atoms with Gasteiger partial charge in [-0.15, -0.1) is 0 Å². The predicted molar refractivity (Wildman–Crippen MR) is 70.2 cm³/mol. The largest absolute Gasteiger partial charge is 0.299 e. The van der Waals surface area contributed by atoms with E-state index in [1.54, 1.807) is 0 Å². The molecule has 3 heteroatoms. The third-order valence-electron chi connectivity index (χ3n) is 4.08. The lowest BCUT2D eigenvalue weighted by Crippen LogP contribution is -2.49. The third-order valence-corrected chi connectivity index (χ3v) is 4.08. The summed E-state index contributed by atoms with van der Waals surface area (Å²) >= 11 is 0. The lowest BCUT2D eigenvalue weighted by Gasteiger charge is -2.43. The summed E-state index contributed by atoms with van der Waals surface area (Å²) < 4.78 is 0. The normalized spacial score (nSPS) is 19.4. The molecule has 1 aliphatic heterocycles. The molecule has 1 aromatic carbocycles. The van der Waals surface area contributed by atoms with Crippen LogP contribution >= 0.6 is 0 Å². The molecule has 0 unspecified atom stereocenters. The van der Waals surface area contributed by atoms with Crippen LogP contribution in [0.5, 0.6) is 0 Å². The maximum Gasteiger partial charge on any atom is 0.0653 e. The first-order valence-electron chi connectivity index (χ1n) is 6.45. The topological polar surface area (TPSA) is 31.9 Å². The summed E-state index contributed by atoms with van der Waals surface area (Å²) in [7, 11) is 0. The Labute approximate surface area is 102 Å². The highest BCUT2D eigenvalue weighted by Gasteiger charge is 2.31. The molecule has 0 saturated carbocycles. The molecule has 17 heavy (non-hydrogen) atoms. The van der Waals surface area contributed by atoms with Crippen molar-refractivity contribution < 1.29 is 0 Å². The Bertz CT molecular complexity index is 511. The maximum atomic E-state index is 4.13. The van der Waals surface area contributed by atoms with Crippen molar-refractivity contribution in [3.8, 4) is 0 Å². The quantitative estimate of drug-likeness (QED) is 0.877. The van der Waals surface area contributed by atoms with Crippen LogP contribution in [0.25, 0.3) is 10.9 Å². The van der Waals surface area contributed by atoms with E-state index < -0.39 is 0 Å². The first-order chi connectivity index (χ1) is 8.29. The second-order valence-corrected chi connectivity index (χ2v) is 5.09. The van der Waals surface area contributed by atoms with E-state index in [2.05, 4.69) is 47.1 Å². The summed E-state index contributed by atoms with van der Waals surface area (Å²) in [5, 5.41) is 8.47. The molecule has 0 bridgehead atoms. The molecule has 2 aromatic rings. The summed E-state index contributed by atoms with van der Waals surface area (Å²) in [4.78, 5) is 2.56. The number of fused-ring (bicyclic) bond motifs is 1. The molecule has 90 valence electrons. The highest BCUT2D eigenvalue weighted by molar-refractivity contribution is 5.82. The lowest BCUT2D eigenvalue weighted by atomic mass is 9.88. The average Bonchev–Trinajstić information content (AvgIpc) is 2.75. The average molecular weight is 229 g/mol. The Kier molecular flexibility index (Phi) is 2.63. The number of hydrogen-bond acceptors (Lipinski definition) is 2. The number of nitrogens with zero attached hydrogens (tertiary/aromatic N) is 2. The van der Waals surface area contributed by atoms with Crippen LogP contribution in [-0.2, 0) is 0 Å². The molecule has 2 heterocycles. The van der Waals surface area contributed by atoms with Crippen LogP contribution in [0.3, 0.4) is 0 Å². The van der Waals surface area contributed by atoms with Gasteiger partial charge in [-0.25, -0.2) is 0 Å². The first-order valence-corrected chi connectivity index (χ1v) is 6.45. The molecular weight excluding hydrogens is 210 g/mol. The van der Waals surface area contributed by atoms with E-state index >= 15 is 0 Å². The fourth-order valence-electron chi connectivity index (χ4n) is 2.67. The zero-order valence-electron chi connectivity index (χ0n) is 10.5. The van der Waals surface area contributed by atoms with Crippen molar-refractivity contribution >= 4 is 10.9 Å². The number of H-pyrrole nitrogens is 1. The van der Waals surface area contributed by atoms with E-state index in [-0.39, 0.29) is 0 Å². The smallest absolute Gasteiger partial charge is 0.0653 e. The second kappa shape index (κ2) is 4.15. The number of aromatic nitrogens is 2. The van der Waals surface area contributed by atoms with Gasteiger partial charge in [0, 0.05) is 30.4 Å². The van der Waals surface area contributed by atoms with E-state index in [1.807, 2.05) is 6.20 Å². The molecule has 3 rings (SSSR count). The monoisotopic (exact) mass is 229 g/mol. The number of likely N-dealkylation sites (tertiary alicyclic amines) is 1. The lowest BCUT2D eigenvalue weighted by molar-refractivity contribution is 0.0988. The second-order valence-electron chi connectivity index (χ2n) is 5.09. The minimum absolute atomic E-state index is 0.685. The van der Waals surface area contributed by atoms with Crippen LogP contribution in [0.4, 0.5) is 0 Å². The van der Waals surface area contributed by atoms with Crippen molar-refractivity contribution in [2.75, 3.05) is 13.1 Å². The van der Waals surface area contributed by atoms with Gasteiger partial charge in [-0.05, 0) is 25.0 Å². The summed E-state index contributed by atoms with van der Waals surface area (Å²) in [5.74, 6) is 0.685. The van der Waals surface area contributed by atoms with Gasteiger partial charge in [0.2, 0.25) is 0 Å². The minimum Gasteiger partial charge on any atom is -0.299 e. The van der Waals surface area contributed by atoms with Crippen LogP contribution < -0.4 is 0 Å². The summed E-state index contributed by atoms with van der Waals surface area (Å²) in [6, 6.07) is 7.18. The molecule has 0 spiro atoms. The van der Waals surface area contributed by atoms with Crippen molar-refractivity contribution in [2.24, 2.45) is 0 Å².